The topological polar surface area (TPSA) is 56.0 Å². The molecule has 2 aromatic heterocycles. The van der Waals surface area contributed by atoms with Gasteiger partial charge in [-0.15, -0.1) is 0 Å². The van der Waals surface area contributed by atoms with E-state index in [1.54, 1.807) is 21.0 Å². The van der Waals surface area contributed by atoms with Crippen LogP contribution in [0.2, 0.25) is 0 Å². The van der Waals surface area contributed by atoms with Crippen LogP contribution in [0.25, 0.3) is 16.9 Å². The molecule has 0 bridgehead atoms. The van der Waals surface area contributed by atoms with E-state index >= 15 is 0 Å². The minimum atomic E-state index is -1.06. The van der Waals surface area contributed by atoms with Gasteiger partial charge < -0.3 is 19.0 Å². The second-order valence-electron chi connectivity index (χ2n) is 9.82. The molecule has 4 aromatic rings. The summed E-state index contributed by atoms with van der Waals surface area (Å²) in [5.41, 5.74) is 4.74. The molecule has 0 fully saturated rings. The first-order valence-corrected chi connectivity index (χ1v) is 13.0. The van der Waals surface area contributed by atoms with Gasteiger partial charge in [0, 0.05) is 23.7 Å². The Morgan fingerprint density at radius 3 is 2.51 bits per heavy atom. The lowest BCUT2D eigenvalue weighted by atomic mass is 10.0. The highest BCUT2D eigenvalue weighted by Crippen LogP contribution is 2.29. The van der Waals surface area contributed by atoms with Gasteiger partial charge in [-0.1, -0.05) is 50.2 Å². The average Bonchev–Trinajstić information content (AvgIpc) is 3.25. The highest BCUT2D eigenvalue weighted by Gasteiger charge is 2.16. The Hall–Kier alpha value is -3.75. The van der Waals surface area contributed by atoms with Crippen molar-refractivity contribution in [1.29, 1.82) is 0 Å². The van der Waals surface area contributed by atoms with Gasteiger partial charge in [0.2, 0.25) is 0 Å². The smallest absolute Gasteiger partial charge is 0.137 e. The SMILES string of the molecule is CCCCCCOc1ccc(-c2nc3ccc(C#CC(C)(C)O)cn3c2Cc2cccc(OC)c2)cc1. The number of ether oxygens (including phenoxy) is 2. The zero-order valence-electron chi connectivity index (χ0n) is 22.3. The van der Waals surface area contributed by atoms with Gasteiger partial charge in [0.25, 0.3) is 0 Å². The van der Waals surface area contributed by atoms with Crippen LogP contribution in [0.3, 0.4) is 0 Å². The number of imidazole rings is 1. The number of hydrogen-bond donors (Lipinski definition) is 1. The first-order valence-electron chi connectivity index (χ1n) is 13.0. The fourth-order valence-electron chi connectivity index (χ4n) is 4.20. The van der Waals surface area contributed by atoms with Crippen LogP contribution in [0, 0.1) is 11.8 Å². The van der Waals surface area contributed by atoms with Crippen LogP contribution < -0.4 is 9.47 Å². The molecule has 0 saturated heterocycles. The third kappa shape index (κ3) is 7.15. The molecule has 0 amide bonds. The number of pyridine rings is 1. The summed E-state index contributed by atoms with van der Waals surface area (Å²) in [6.45, 7) is 6.32. The zero-order valence-corrected chi connectivity index (χ0v) is 22.3. The molecular weight excluding hydrogens is 460 g/mol. The summed E-state index contributed by atoms with van der Waals surface area (Å²) >= 11 is 0. The molecule has 0 aliphatic heterocycles. The Balaban J connectivity index is 1.69. The number of methoxy groups -OCH3 is 1. The summed E-state index contributed by atoms with van der Waals surface area (Å²) in [6.07, 6.45) is 7.41. The molecule has 192 valence electrons. The second kappa shape index (κ2) is 12.0. The van der Waals surface area contributed by atoms with E-state index in [4.69, 9.17) is 14.5 Å². The van der Waals surface area contributed by atoms with Crippen LogP contribution in [-0.4, -0.2) is 33.8 Å². The number of fused-ring (bicyclic) bond motifs is 1. The summed E-state index contributed by atoms with van der Waals surface area (Å²) in [4.78, 5) is 4.99. The number of nitrogens with zero attached hydrogens (tertiary/aromatic N) is 2. The van der Waals surface area contributed by atoms with Crippen LogP contribution in [0.4, 0.5) is 0 Å². The molecule has 5 heteroatoms. The molecule has 2 aromatic carbocycles. The van der Waals surface area contributed by atoms with E-state index < -0.39 is 5.60 Å². The van der Waals surface area contributed by atoms with Crippen LogP contribution in [0.15, 0.2) is 66.9 Å². The fraction of sp³-hybridized carbons (Fsp3) is 0.344. The van der Waals surface area contributed by atoms with Crippen molar-refractivity contribution >= 4 is 5.65 Å². The zero-order chi connectivity index (χ0) is 26.3. The Kier molecular flexibility index (Phi) is 8.53. The van der Waals surface area contributed by atoms with E-state index in [0.29, 0.717) is 6.42 Å². The predicted molar refractivity (Wildman–Crippen MR) is 149 cm³/mol. The molecule has 0 radical (unpaired) electrons. The lowest BCUT2D eigenvalue weighted by Crippen LogP contribution is -2.14. The molecule has 0 aliphatic rings. The molecule has 0 unspecified atom stereocenters. The molecule has 37 heavy (non-hydrogen) atoms. The molecule has 0 spiro atoms. The highest BCUT2D eigenvalue weighted by molar-refractivity contribution is 5.68. The largest absolute Gasteiger partial charge is 0.497 e. The summed E-state index contributed by atoms with van der Waals surface area (Å²) in [5, 5.41) is 10.0. The Morgan fingerprint density at radius 2 is 1.78 bits per heavy atom. The molecule has 0 atom stereocenters. The van der Waals surface area contributed by atoms with Crippen molar-refractivity contribution in [2.24, 2.45) is 0 Å². The van der Waals surface area contributed by atoms with Gasteiger partial charge in [0.15, 0.2) is 0 Å². The van der Waals surface area contributed by atoms with Crippen LogP contribution in [-0.2, 0) is 6.42 Å². The van der Waals surface area contributed by atoms with E-state index in [0.717, 1.165) is 58.3 Å². The maximum absolute atomic E-state index is 10.0. The highest BCUT2D eigenvalue weighted by atomic mass is 16.5. The molecule has 1 N–H and O–H groups in total. The standard InChI is InChI=1S/C32H36N2O3/c1-5-6-7-8-20-37-27-15-13-26(14-16-27)31-29(22-25-10-9-11-28(21-25)36-4)34-23-24(12-17-30(34)33-31)18-19-32(2,3)35/h9-17,21,23,35H,5-8,20,22H2,1-4H3. The van der Waals surface area contributed by atoms with Crippen LogP contribution in [0.1, 0.15) is 63.3 Å². The van der Waals surface area contributed by atoms with Crippen molar-refractivity contribution < 1.29 is 14.6 Å². The first-order chi connectivity index (χ1) is 17.9. The van der Waals surface area contributed by atoms with Gasteiger partial charge in [-0.05, 0) is 74.4 Å². The van der Waals surface area contributed by atoms with Crippen molar-refractivity contribution in [2.75, 3.05) is 13.7 Å². The van der Waals surface area contributed by atoms with Gasteiger partial charge in [-0.2, -0.15) is 0 Å². The second-order valence-corrected chi connectivity index (χ2v) is 9.82. The number of benzene rings is 2. The van der Waals surface area contributed by atoms with E-state index in [-0.39, 0.29) is 0 Å². The van der Waals surface area contributed by atoms with E-state index in [9.17, 15) is 5.11 Å². The van der Waals surface area contributed by atoms with Gasteiger partial charge in [-0.3, -0.25) is 0 Å². The average molecular weight is 497 g/mol. The first kappa shape index (κ1) is 26.3. The van der Waals surface area contributed by atoms with Crippen molar-refractivity contribution in [1.82, 2.24) is 9.38 Å². The maximum Gasteiger partial charge on any atom is 0.137 e. The number of aromatic nitrogens is 2. The Labute approximate surface area is 220 Å². The van der Waals surface area contributed by atoms with Gasteiger partial charge in [-0.25, -0.2) is 4.98 Å². The van der Waals surface area contributed by atoms with Crippen LogP contribution in [0.5, 0.6) is 11.5 Å². The molecule has 0 saturated carbocycles. The normalized spacial score (nSPS) is 11.3. The van der Waals surface area contributed by atoms with Gasteiger partial charge in [0.1, 0.15) is 22.7 Å². The number of aliphatic hydroxyl groups is 1. The van der Waals surface area contributed by atoms with Crippen LogP contribution >= 0.6 is 0 Å². The summed E-state index contributed by atoms with van der Waals surface area (Å²) in [7, 11) is 1.68. The minimum Gasteiger partial charge on any atom is -0.497 e. The number of hydrogen-bond acceptors (Lipinski definition) is 4. The molecule has 2 heterocycles. The van der Waals surface area contributed by atoms with Crippen molar-refractivity contribution in [2.45, 2.75) is 58.5 Å². The quantitative estimate of drug-likeness (QED) is 0.196. The number of unbranched alkanes of at least 4 members (excludes halogenated alkanes) is 3. The Bertz CT molecular complexity index is 1390. The summed E-state index contributed by atoms with van der Waals surface area (Å²) in [6, 6.07) is 20.2. The van der Waals surface area contributed by atoms with Gasteiger partial charge >= 0.3 is 0 Å². The van der Waals surface area contributed by atoms with E-state index in [1.165, 1.54) is 19.3 Å². The fourth-order valence-corrected chi connectivity index (χ4v) is 4.20. The summed E-state index contributed by atoms with van der Waals surface area (Å²) in [5.74, 6) is 7.69. The molecule has 0 aliphatic carbocycles. The third-order valence-electron chi connectivity index (χ3n) is 6.13. The minimum absolute atomic E-state index is 0.672. The van der Waals surface area contributed by atoms with Crippen molar-refractivity contribution in [3.8, 4) is 34.6 Å². The van der Waals surface area contributed by atoms with E-state index in [2.05, 4.69) is 47.4 Å². The van der Waals surface area contributed by atoms with Crippen molar-refractivity contribution in [3.05, 3.63) is 83.7 Å². The molecule has 5 nitrogen and oxygen atoms in total. The van der Waals surface area contributed by atoms with Crippen molar-refractivity contribution in [3.63, 3.8) is 0 Å². The molecular formula is C32H36N2O3. The third-order valence-corrected chi connectivity index (χ3v) is 6.13. The maximum atomic E-state index is 10.0. The summed E-state index contributed by atoms with van der Waals surface area (Å²) < 4.78 is 13.5. The lowest BCUT2D eigenvalue weighted by Gasteiger charge is -2.09. The monoisotopic (exact) mass is 496 g/mol. The molecule has 4 rings (SSSR count). The van der Waals surface area contributed by atoms with Gasteiger partial charge in [0.05, 0.1) is 25.1 Å². The lowest BCUT2D eigenvalue weighted by molar-refractivity contribution is 0.143. The number of rotatable bonds is 10. The van der Waals surface area contributed by atoms with E-state index in [1.807, 2.05) is 42.6 Å². The Morgan fingerprint density at radius 1 is 0.973 bits per heavy atom. The predicted octanol–water partition coefficient (Wildman–Crippen LogP) is 6.68.